The van der Waals surface area contributed by atoms with Crippen molar-refractivity contribution in [1.82, 2.24) is 0 Å². The average Bonchev–Trinajstić information content (AvgIpc) is 2.62. The molecular weight excluding hydrogens is 315 g/mol. The van der Waals surface area contributed by atoms with E-state index >= 15 is 0 Å². The van der Waals surface area contributed by atoms with Gasteiger partial charge in [-0.15, -0.1) is 0 Å². The molecule has 1 aromatic rings. The second-order valence-electron chi connectivity index (χ2n) is 6.72. The lowest BCUT2D eigenvalue weighted by Crippen LogP contribution is -2.04. The fourth-order valence-electron chi connectivity index (χ4n) is 2.81. The first-order valence-corrected chi connectivity index (χ1v) is 10.2. The molecule has 0 fully saturated rings. The van der Waals surface area contributed by atoms with E-state index in [1.165, 1.54) is 51.4 Å². The zero-order chi connectivity index (χ0) is 18.2. The molecule has 0 aliphatic heterocycles. The predicted octanol–water partition coefficient (Wildman–Crippen LogP) is 7.10. The molecule has 0 spiro atoms. The Bertz CT molecular complexity index is 434. The van der Waals surface area contributed by atoms with Crippen molar-refractivity contribution in [2.75, 3.05) is 13.2 Å². The van der Waals surface area contributed by atoms with Crippen molar-refractivity contribution in [3.63, 3.8) is 0 Å². The molecule has 0 saturated carbocycles. The summed E-state index contributed by atoms with van der Waals surface area (Å²) in [5, 5.41) is 0. The van der Waals surface area contributed by atoms with Gasteiger partial charge in [-0.05, 0) is 25.0 Å². The maximum Gasteiger partial charge on any atom is 0.197 e. The molecule has 0 atom stereocenters. The lowest BCUT2D eigenvalue weighted by molar-refractivity contribution is 0.248. The molecule has 143 valence electrons. The Hall–Kier alpha value is -1.25. The van der Waals surface area contributed by atoms with Crippen molar-refractivity contribution in [3.05, 3.63) is 24.0 Å². The Labute approximate surface area is 154 Å². The first-order chi connectivity index (χ1) is 12.3. The van der Waals surface area contributed by atoms with Gasteiger partial charge in [-0.2, -0.15) is 0 Å². The fraction of sp³-hybridized carbons (Fsp3) is 0.727. The molecule has 0 heterocycles. The van der Waals surface area contributed by atoms with E-state index in [0.29, 0.717) is 19.0 Å². The van der Waals surface area contributed by atoms with Gasteiger partial charge in [0.15, 0.2) is 17.3 Å². The lowest BCUT2D eigenvalue weighted by atomic mass is 10.1. The highest BCUT2D eigenvalue weighted by atomic mass is 19.1. The van der Waals surface area contributed by atoms with Crippen LogP contribution in [-0.4, -0.2) is 13.2 Å². The minimum atomic E-state index is -0.452. The quantitative estimate of drug-likeness (QED) is 0.296. The Balaban J connectivity index is 2.26. The van der Waals surface area contributed by atoms with Gasteiger partial charge in [0, 0.05) is 6.07 Å². The zero-order valence-electron chi connectivity index (χ0n) is 16.2. The van der Waals surface area contributed by atoms with E-state index in [0.717, 1.165) is 25.7 Å². The summed E-state index contributed by atoms with van der Waals surface area (Å²) in [6.45, 7) is 5.58. The van der Waals surface area contributed by atoms with E-state index in [1.54, 1.807) is 12.1 Å². The van der Waals surface area contributed by atoms with Gasteiger partial charge in [0.05, 0.1) is 13.2 Å². The molecular formula is C22H36FO2. The van der Waals surface area contributed by atoms with Crippen molar-refractivity contribution in [3.8, 4) is 11.5 Å². The minimum absolute atomic E-state index is 0.224. The molecule has 0 bridgehead atoms. The first-order valence-electron chi connectivity index (χ1n) is 10.2. The molecule has 1 aromatic carbocycles. The van der Waals surface area contributed by atoms with Crippen LogP contribution in [0.15, 0.2) is 12.1 Å². The summed E-state index contributed by atoms with van der Waals surface area (Å²) in [6, 6.07) is 5.87. The van der Waals surface area contributed by atoms with Gasteiger partial charge in [-0.25, -0.2) is 4.39 Å². The molecule has 0 N–H and O–H groups in total. The molecule has 0 saturated heterocycles. The van der Waals surface area contributed by atoms with Crippen LogP contribution in [0, 0.1) is 11.9 Å². The van der Waals surface area contributed by atoms with Gasteiger partial charge in [-0.1, -0.05) is 78.1 Å². The summed E-state index contributed by atoms with van der Waals surface area (Å²) in [5.41, 5.74) is 0. The third kappa shape index (κ3) is 10.4. The van der Waals surface area contributed by atoms with E-state index in [-0.39, 0.29) is 5.75 Å². The number of halogens is 1. The standard InChI is InChI=1S/C22H36FO2/c1-3-5-7-9-11-13-18-24-21-17-15-16-20(23)22(21)25-19-14-12-10-8-6-4-2/h15,17H,3-14,18-19H2,1-2H3. The van der Waals surface area contributed by atoms with Crippen molar-refractivity contribution in [2.24, 2.45) is 0 Å². The molecule has 3 heteroatoms. The summed E-state index contributed by atoms with van der Waals surface area (Å²) in [4.78, 5) is 0. The number of unbranched alkanes of at least 4 members (excludes halogenated alkanes) is 10. The van der Waals surface area contributed by atoms with Gasteiger partial charge >= 0.3 is 0 Å². The molecule has 0 amide bonds. The number of ether oxygens (including phenoxy) is 2. The molecule has 0 aliphatic carbocycles. The van der Waals surface area contributed by atoms with Crippen LogP contribution in [0.1, 0.15) is 90.9 Å². The van der Waals surface area contributed by atoms with Crippen molar-refractivity contribution < 1.29 is 13.9 Å². The Morgan fingerprint density at radius 2 is 1.28 bits per heavy atom. The molecule has 0 aromatic heterocycles. The average molecular weight is 352 g/mol. The monoisotopic (exact) mass is 351 g/mol. The highest BCUT2D eigenvalue weighted by molar-refractivity contribution is 5.40. The predicted molar refractivity (Wildman–Crippen MR) is 103 cm³/mol. The van der Waals surface area contributed by atoms with Gasteiger partial charge in [0.2, 0.25) is 0 Å². The molecule has 25 heavy (non-hydrogen) atoms. The number of rotatable bonds is 16. The van der Waals surface area contributed by atoms with Crippen molar-refractivity contribution >= 4 is 0 Å². The normalized spacial score (nSPS) is 10.8. The maximum absolute atomic E-state index is 14.0. The van der Waals surface area contributed by atoms with Crippen LogP contribution in [0.5, 0.6) is 11.5 Å². The van der Waals surface area contributed by atoms with Crippen LogP contribution < -0.4 is 9.47 Å². The number of hydrogen-bond donors (Lipinski definition) is 0. The maximum atomic E-state index is 14.0. The lowest BCUT2D eigenvalue weighted by Gasteiger charge is -2.13. The van der Waals surface area contributed by atoms with Crippen LogP contribution >= 0.6 is 0 Å². The van der Waals surface area contributed by atoms with Crippen LogP contribution in [0.3, 0.4) is 0 Å². The molecule has 0 aliphatic rings. The molecule has 0 unspecified atom stereocenters. The van der Waals surface area contributed by atoms with E-state index in [1.807, 2.05) is 0 Å². The van der Waals surface area contributed by atoms with Crippen LogP contribution in [0.4, 0.5) is 4.39 Å². The van der Waals surface area contributed by atoms with Crippen LogP contribution in [-0.2, 0) is 0 Å². The summed E-state index contributed by atoms with van der Waals surface area (Å²) in [6.07, 6.45) is 14.4. The van der Waals surface area contributed by atoms with Gasteiger partial charge in [0.1, 0.15) is 0 Å². The fourth-order valence-corrected chi connectivity index (χ4v) is 2.81. The van der Waals surface area contributed by atoms with Gasteiger partial charge in [0.25, 0.3) is 0 Å². The molecule has 2 nitrogen and oxygen atoms in total. The van der Waals surface area contributed by atoms with E-state index in [9.17, 15) is 4.39 Å². The Kier molecular flexibility index (Phi) is 13.1. The third-order valence-electron chi connectivity index (χ3n) is 4.37. The second kappa shape index (κ2) is 15.0. The third-order valence-corrected chi connectivity index (χ3v) is 4.37. The van der Waals surface area contributed by atoms with Crippen molar-refractivity contribution in [2.45, 2.75) is 90.9 Å². The highest BCUT2D eigenvalue weighted by Crippen LogP contribution is 2.30. The summed E-state index contributed by atoms with van der Waals surface area (Å²) in [7, 11) is 0. The largest absolute Gasteiger partial charge is 0.490 e. The zero-order valence-corrected chi connectivity index (χ0v) is 16.2. The Morgan fingerprint density at radius 3 is 1.88 bits per heavy atom. The summed E-state index contributed by atoms with van der Waals surface area (Å²) >= 11 is 0. The summed E-state index contributed by atoms with van der Waals surface area (Å²) < 4.78 is 25.4. The number of benzene rings is 1. The van der Waals surface area contributed by atoms with Crippen molar-refractivity contribution in [1.29, 1.82) is 0 Å². The van der Waals surface area contributed by atoms with E-state index in [4.69, 9.17) is 9.47 Å². The molecule has 1 rings (SSSR count). The second-order valence-corrected chi connectivity index (χ2v) is 6.72. The topological polar surface area (TPSA) is 18.5 Å². The van der Waals surface area contributed by atoms with Crippen LogP contribution in [0.2, 0.25) is 0 Å². The van der Waals surface area contributed by atoms with Crippen LogP contribution in [0.25, 0.3) is 0 Å². The highest BCUT2D eigenvalue weighted by Gasteiger charge is 2.11. The number of hydrogen-bond acceptors (Lipinski definition) is 2. The Morgan fingerprint density at radius 1 is 0.760 bits per heavy atom. The van der Waals surface area contributed by atoms with Gasteiger partial charge in [-0.3, -0.25) is 0 Å². The van der Waals surface area contributed by atoms with E-state index in [2.05, 4.69) is 19.9 Å². The summed E-state index contributed by atoms with van der Waals surface area (Å²) in [5.74, 6) is 0.282. The molecule has 1 radical (unpaired) electrons. The smallest absolute Gasteiger partial charge is 0.197 e. The van der Waals surface area contributed by atoms with Gasteiger partial charge < -0.3 is 9.47 Å². The SMILES string of the molecule is CCCCCCCCOc1cc[c]c(F)c1OCCCCCCCC. The minimum Gasteiger partial charge on any atom is -0.490 e. The van der Waals surface area contributed by atoms with E-state index < -0.39 is 5.82 Å². The first kappa shape index (κ1) is 21.8.